The summed E-state index contributed by atoms with van der Waals surface area (Å²) in [6.45, 7) is 1.74. The smallest absolute Gasteiger partial charge is 0.243 e. The molecule has 0 radical (unpaired) electrons. The standard InChI is InChI=1S/C13H18F2N4O2S2/c14-10-1-2-12(11(15)9-10)23(20,21)18-4-3-17-13(16)19-5-7-22-8-6-19/h1-2,9,18H,3-8H2,(H2,16,17). The molecule has 0 amide bonds. The van der Waals surface area contributed by atoms with Crippen LogP contribution < -0.4 is 10.5 Å². The Bertz CT molecular complexity index is 677. The summed E-state index contributed by atoms with van der Waals surface area (Å²) < 4.78 is 52.4. The Kier molecular flexibility index (Phi) is 6.19. The molecule has 0 aliphatic carbocycles. The third kappa shape index (κ3) is 5.05. The molecule has 0 unspecified atom stereocenters. The summed E-state index contributed by atoms with van der Waals surface area (Å²) in [7, 11) is -4.05. The SMILES string of the molecule is NC(=NCCNS(=O)(=O)c1ccc(F)cc1F)N1CCSCC1. The maximum Gasteiger partial charge on any atom is 0.243 e. The zero-order valence-electron chi connectivity index (χ0n) is 12.3. The van der Waals surface area contributed by atoms with E-state index in [9.17, 15) is 17.2 Å². The molecule has 2 rings (SSSR count). The van der Waals surface area contributed by atoms with Crippen molar-refractivity contribution in [3.63, 3.8) is 0 Å². The lowest BCUT2D eigenvalue weighted by Crippen LogP contribution is -2.43. The molecule has 0 spiro atoms. The third-order valence-electron chi connectivity index (χ3n) is 3.20. The highest BCUT2D eigenvalue weighted by atomic mass is 32.2. The van der Waals surface area contributed by atoms with E-state index in [4.69, 9.17) is 5.73 Å². The number of nitrogens with one attached hydrogen (secondary N) is 1. The van der Waals surface area contributed by atoms with Crippen LogP contribution in [-0.4, -0.2) is 57.0 Å². The number of benzene rings is 1. The van der Waals surface area contributed by atoms with Crippen molar-refractivity contribution in [3.05, 3.63) is 29.8 Å². The second kappa shape index (κ2) is 7.93. The van der Waals surface area contributed by atoms with E-state index in [0.717, 1.165) is 36.7 Å². The molecule has 0 saturated carbocycles. The van der Waals surface area contributed by atoms with Gasteiger partial charge in [-0.2, -0.15) is 11.8 Å². The lowest BCUT2D eigenvalue weighted by Gasteiger charge is -2.27. The topological polar surface area (TPSA) is 87.8 Å². The average Bonchev–Trinajstić information content (AvgIpc) is 2.52. The monoisotopic (exact) mass is 364 g/mol. The minimum Gasteiger partial charge on any atom is -0.370 e. The Morgan fingerprint density at radius 1 is 1.35 bits per heavy atom. The number of aliphatic imine (C=N–C) groups is 1. The summed E-state index contributed by atoms with van der Waals surface area (Å²) in [5.41, 5.74) is 5.84. The van der Waals surface area contributed by atoms with Crippen LogP contribution in [0, 0.1) is 11.6 Å². The number of sulfonamides is 1. The quantitative estimate of drug-likeness (QED) is 0.454. The molecule has 6 nitrogen and oxygen atoms in total. The maximum absolute atomic E-state index is 13.5. The van der Waals surface area contributed by atoms with Crippen molar-refractivity contribution in [3.8, 4) is 0 Å². The highest BCUT2D eigenvalue weighted by Crippen LogP contribution is 2.15. The van der Waals surface area contributed by atoms with Crippen molar-refractivity contribution < 1.29 is 17.2 Å². The van der Waals surface area contributed by atoms with Gasteiger partial charge in [0.15, 0.2) is 5.96 Å². The Labute approximate surface area is 138 Å². The first-order valence-corrected chi connectivity index (χ1v) is 9.61. The van der Waals surface area contributed by atoms with Crippen LogP contribution in [-0.2, 0) is 10.0 Å². The van der Waals surface area contributed by atoms with Gasteiger partial charge in [0.25, 0.3) is 0 Å². The van der Waals surface area contributed by atoms with E-state index >= 15 is 0 Å². The molecule has 3 N–H and O–H groups in total. The number of hydrogen-bond acceptors (Lipinski definition) is 4. The lowest BCUT2D eigenvalue weighted by atomic mass is 10.3. The minimum absolute atomic E-state index is 0.0254. The van der Waals surface area contributed by atoms with Gasteiger partial charge in [-0.3, -0.25) is 4.99 Å². The predicted molar refractivity (Wildman–Crippen MR) is 86.9 cm³/mol. The van der Waals surface area contributed by atoms with Crippen LogP contribution in [0.15, 0.2) is 28.1 Å². The fraction of sp³-hybridized carbons (Fsp3) is 0.462. The fourth-order valence-corrected chi connectivity index (χ4v) is 4.00. The highest BCUT2D eigenvalue weighted by molar-refractivity contribution is 7.99. The fourth-order valence-electron chi connectivity index (χ4n) is 2.01. The van der Waals surface area contributed by atoms with E-state index in [1.54, 1.807) is 0 Å². The molecule has 23 heavy (non-hydrogen) atoms. The first-order chi connectivity index (χ1) is 10.9. The number of thioether (sulfide) groups is 1. The maximum atomic E-state index is 13.5. The number of nitrogens with zero attached hydrogens (tertiary/aromatic N) is 2. The molecular weight excluding hydrogens is 346 g/mol. The molecule has 128 valence electrons. The van der Waals surface area contributed by atoms with E-state index in [1.165, 1.54) is 0 Å². The molecule has 1 saturated heterocycles. The van der Waals surface area contributed by atoms with Gasteiger partial charge >= 0.3 is 0 Å². The zero-order chi connectivity index (χ0) is 16.9. The van der Waals surface area contributed by atoms with Gasteiger partial charge in [-0.1, -0.05) is 0 Å². The van der Waals surface area contributed by atoms with Crippen LogP contribution in [0.2, 0.25) is 0 Å². The van der Waals surface area contributed by atoms with Gasteiger partial charge in [-0.25, -0.2) is 21.9 Å². The molecule has 0 atom stereocenters. The van der Waals surface area contributed by atoms with E-state index in [2.05, 4.69) is 9.71 Å². The van der Waals surface area contributed by atoms with E-state index in [1.807, 2.05) is 16.7 Å². The van der Waals surface area contributed by atoms with Crippen molar-refractivity contribution in [1.29, 1.82) is 0 Å². The summed E-state index contributed by atoms with van der Waals surface area (Å²) >= 11 is 1.84. The number of guanidine groups is 1. The van der Waals surface area contributed by atoms with Crippen LogP contribution in [0.3, 0.4) is 0 Å². The minimum atomic E-state index is -4.05. The Morgan fingerprint density at radius 2 is 2.04 bits per heavy atom. The number of halogens is 2. The van der Waals surface area contributed by atoms with E-state index < -0.39 is 26.6 Å². The molecule has 1 fully saturated rings. The van der Waals surface area contributed by atoms with Crippen LogP contribution in [0.1, 0.15) is 0 Å². The van der Waals surface area contributed by atoms with E-state index in [-0.39, 0.29) is 13.1 Å². The third-order valence-corrected chi connectivity index (χ3v) is 5.63. The van der Waals surface area contributed by atoms with Gasteiger partial charge < -0.3 is 10.6 Å². The van der Waals surface area contributed by atoms with Gasteiger partial charge in [0.2, 0.25) is 10.0 Å². The second-order valence-electron chi connectivity index (χ2n) is 4.81. The Hall–Kier alpha value is -1.39. The van der Waals surface area contributed by atoms with Gasteiger partial charge in [0.1, 0.15) is 16.5 Å². The van der Waals surface area contributed by atoms with Gasteiger partial charge in [0, 0.05) is 37.2 Å². The number of nitrogens with two attached hydrogens (primary N) is 1. The lowest BCUT2D eigenvalue weighted by molar-refractivity contribution is 0.456. The van der Waals surface area contributed by atoms with Crippen molar-refractivity contribution in [1.82, 2.24) is 9.62 Å². The molecule has 1 aliphatic heterocycles. The molecule has 0 bridgehead atoms. The Balaban J connectivity index is 1.89. The second-order valence-corrected chi connectivity index (χ2v) is 7.77. The molecule has 1 aromatic rings. The van der Waals surface area contributed by atoms with Crippen molar-refractivity contribution >= 4 is 27.7 Å². The number of rotatable bonds is 5. The first kappa shape index (κ1) is 18.0. The highest BCUT2D eigenvalue weighted by Gasteiger charge is 2.19. The zero-order valence-corrected chi connectivity index (χ0v) is 14.0. The van der Waals surface area contributed by atoms with Crippen LogP contribution in [0.5, 0.6) is 0 Å². The van der Waals surface area contributed by atoms with Crippen molar-refractivity contribution in [2.24, 2.45) is 10.7 Å². The molecule has 10 heteroatoms. The van der Waals surface area contributed by atoms with Gasteiger partial charge in [0.05, 0.1) is 6.54 Å². The summed E-state index contributed by atoms with van der Waals surface area (Å²) in [6.07, 6.45) is 0. The summed E-state index contributed by atoms with van der Waals surface area (Å²) in [5.74, 6) is 0.363. The van der Waals surface area contributed by atoms with Crippen molar-refractivity contribution in [2.75, 3.05) is 37.7 Å². The van der Waals surface area contributed by atoms with Gasteiger partial charge in [-0.05, 0) is 12.1 Å². The summed E-state index contributed by atoms with van der Waals surface area (Å²) in [4.78, 5) is 5.45. The number of hydrogen-bond donors (Lipinski definition) is 2. The normalized spacial score (nSPS) is 16.6. The first-order valence-electron chi connectivity index (χ1n) is 6.97. The van der Waals surface area contributed by atoms with Crippen LogP contribution >= 0.6 is 11.8 Å². The van der Waals surface area contributed by atoms with E-state index in [0.29, 0.717) is 12.0 Å². The molecule has 0 aromatic heterocycles. The summed E-state index contributed by atoms with van der Waals surface area (Å²) in [6, 6.07) is 2.30. The molecular formula is C13H18F2N4O2S2. The molecule has 1 aliphatic rings. The van der Waals surface area contributed by atoms with Crippen LogP contribution in [0.4, 0.5) is 8.78 Å². The Morgan fingerprint density at radius 3 is 2.70 bits per heavy atom. The molecule has 1 heterocycles. The average molecular weight is 364 g/mol. The predicted octanol–water partition coefficient (Wildman–Crippen LogP) is 0.607. The van der Waals surface area contributed by atoms with Crippen LogP contribution in [0.25, 0.3) is 0 Å². The molecule has 1 aromatic carbocycles. The van der Waals surface area contributed by atoms with Crippen molar-refractivity contribution in [2.45, 2.75) is 4.90 Å². The summed E-state index contributed by atoms with van der Waals surface area (Å²) in [5, 5.41) is 0. The van der Waals surface area contributed by atoms with Gasteiger partial charge in [-0.15, -0.1) is 0 Å². The largest absolute Gasteiger partial charge is 0.370 e.